The number of benzene rings is 7. The lowest BCUT2D eigenvalue weighted by Crippen LogP contribution is -2.17. The molecule has 50 heavy (non-hydrogen) atoms. The van der Waals surface area contributed by atoms with Crippen molar-refractivity contribution >= 4 is 39.0 Å². The van der Waals surface area contributed by atoms with Gasteiger partial charge < -0.3 is 9.32 Å². The molecule has 0 saturated carbocycles. The van der Waals surface area contributed by atoms with Crippen LogP contribution < -0.4 is 4.90 Å². The SMILES string of the molecule is CC1(C)c2ccccc2-c2ccc(N(c3ccc(-c4ccccc4)cc3)c3ccc4c(c3)-c3c(ccc5c3oc3ccccc35)C4(C)C)cc21. The summed E-state index contributed by atoms with van der Waals surface area (Å²) in [6, 6.07) is 55.5. The molecule has 0 fully saturated rings. The highest BCUT2D eigenvalue weighted by Gasteiger charge is 2.39. The standard InChI is InChI=1S/C48H37NO/c1-47(2)41-26-23-33(28-39(41)45-42(47)27-25-38-37-15-9-11-17-44(37)50-46(38)45)49(32-20-18-31(19-21-32)30-12-6-5-7-13-30)34-22-24-36-35-14-8-10-16-40(35)48(3,4)43(36)29-34/h5-29H,1-4H3. The molecule has 0 unspecified atom stereocenters. The van der Waals surface area contributed by atoms with Crippen molar-refractivity contribution in [2.75, 3.05) is 4.90 Å². The Morgan fingerprint density at radius 2 is 1.02 bits per heavy atom. The zero-order valence-electron chi connectivity index (χ0n) is 28.8. The summed E-state index contributed by atoms with van der Waals surface area (Å²) >= 11 is 0. The molecule has 0 bridgehead atoms. The van der Waals surface area contributed by atoms with Gasteiger partial charge in [0, 0.05) is 44.2 Å². The first-order chi connectivity index (χ1) is 24.3. The largest absolute Gasteiger partial charge is 0.455 e. The molecule has 10 rings (SSSR count). The van der Waals surface area contributed by atoms with Crippen LogP contribution >= 0.6 is 0 Å². The summed E-state index contributed by atoms with van der Waals surface area (Å²) in [5.74, 6) is 0. The Morgan fingerprint density at radius 3 is 1.86 bits per heavy atom. The molecule has 0 N–H and O–H groups in total. The number of anilines is 3. The second-order valence-corrected chi connectivity index (χ2v) is 15.0. The van der Waals surface area contributed by atoms with Crippen LogP contribution in [-0.2, 0) is 10.8 Å². The van der Waals surface area contributed by atoms with E-state index in [1.54, 1.807) is 0 Å². The minimum atomic E-state index is -0.151. The van der Waals surface area contributed by atoms with Crippen molar-refractivity contribution in [1.29, 1.82) is 0 Å². The van der Waals surface area contributed by atoms with Gasteiger partial charge >= 0.3 is 0 Å². The monoisotopic (exact) mass is 643 g/mol. The van der Waals surface area contributed by atoms with E-state index in [-0.39, 0.29) is 10.8 Å². The second kappa shape index (κ2) is 10.3. The van der Waals surface area contributed by atoms with Crippen LogP contribution in [0.3, 0.4) is 0 Å². The third kappa shape index (κ3) is 4.02. The predicted octanol–water partition coefficient (Wildman–Crippen LogP) is 13.3. The van der Waals surface area contributed by atoms with E-state index in [1.165, 1.54) is 61.0 Å². The Balaban J connectivity index is 1.18. The van der Waals surface area contributed by atoms with Gasteiger partial charge in [-0.25, -0.2) is 0 Å². The lowest BCUT2D eigenvalue weighted by molar-refractivity contribution is 0.653. The van der Waals surface area contributed by atoms with E-state index >= 15 is 0 Å². The third-order valence-corrected chi connectivity index (χ3v) is 11.5. The first-order valence-corrected chi connectivity index (χ1v) is 17.6. The molecule has 8 aromatic rings. The fourth-order valence-electron chi connectivity index (χ4n) is 8.86. The highest BCUT2D eigenvalue weighted by atomic mass is 16.3. The number of furan rings is 1. The van der Waals surface area contributed by atoms with Gasteiger partial charge in [-0.2, -0.15) is 0 Å². The number of hydrogen-bond acceptors (Lipinski definition) is 2. The summed E-state index contributed by atoms with van der Waals surface area (Å²) in [5, 5.41) is 2.33. The van der Waals surface area contributed by atoms with Crippen molar-refractivity contribution in [3.63, 3.8) is 0 Å². The molecule has 0 aliphatic heterocycles. The number of nitrogens with zero attached hydrogens (tertiary/aromatic N) is 1. The van der Waals surface area contributed by atoms with Crippen LogP contribution in [0.5, 0.6) is 0 Å². The van der Waals surface area contributed by atoms with Crippen LogP contribution in [0.15, 0.2) is 156 Å². The molecule has 240 valence electrons. The zero-order chi connectivity index (χ0) is 33.8. The molecule has 2 aliphatic carbocycles. The highest BCUT2D eigenvalue weighted by Crippen LogP contribution is 2.55. The number of rotatable bonds is 4. The Bertz CT molecular complexity index is 2640. The van der Waals surface area contributed by atoms with Crippen LogP contribution in [0.2, 0.25) is 0 Å². The Morgan fingerprint density at radius 1 is 0.420 bits per heavy atom. The molecule has 0 spiro atoms. The second-order valence-electron chi connectivity index (χ2n) is 15.0. The minimum Gasteiger partial charge on any atom is -0.455 e. The highest BCUT2D eigenvalue weighted by molar-refractivity contribution is 6.12. The smallest absolute Gasteiger partial charge is 0.143 e. The number of para-hydroxylation sites is 1. The molecular formula is C48H37NO. The Hall–Kier alpha value is -5.86. The topological polar surface area (TPSA) is 16.4 Å². The number of fused-ring (bicyclic) bond motifs is 10. The molecule has 0 radical (unpaired) electrons. The quantitative estimate of drug-likeness (QED) is 0.190. The predicted molar refractivity (Wildman–Crippen MR) is 209 cm³/mol. The van der Waals surface area contributed by atoms with Crippen molar-refractivity contribution in [2.45, 2.75) is 38.5 Å². The molecule has 7 aromatic carbocycles. The molecule has 2 heteroatoms. The molecule has 0 amide bonds. The summed E-state index contributed by atoms with van der Waals surface area (Å²) in [4.78, 5) is 2.43. The Kier molecular flexibility index (Phi) is 6.01. The van der Waals surface area contributed by atoms with Crippen LogP contribution in [-0.4, -0.2) is 0 Å². The molecule has 1 heterocycles. The summed E-state index contributed by atoms with van der Waals surface area (Å²) < 4.78 is 6.66. The van der Waals surface area contributed by atoms with Crippen molar-refractivity contribution in [2.24, 2.45) is 0 Å². The van der Waals surface area contributed by atoms with Crippen LogP contribution in [0, 0.1) is 0 Å². The molecule has 0 saturated heterocycles. The van der Waals surface area contributed by atoms with E-state index < -0.39 is 0 Å². The molecule has 0 atom stereocenters. The molecule has 1 aromatic heterocycles. The van der Waals surface area contributed by atoms with E-state index in [2.05, 4.69) is 184 Å². The normalized spacial score (nSPS) is 14.7. The van der Waals surface area contributed by atoms with Gasteiger partial charge in [-0.1, -0.05) is 137 Å². The molecule has 2 nitrogen and oxygen atoms in total. The van der Waals surface area contributed by atoms with Gasteiger partial charge in [-0.05, 0) is 92.5 Å². The maximum absolute atomic E-state index is 6.66. The zero-order valence-corrected chi connectivity index (χ0v) is 28.8. The van der Waals surface area contributed by atoms with Gasteiger partial charge in [0.05, 0.1) is 0 Å². The average molecular weight is 644 g/mol. The van der Waals surface area contributed by atoms with Gasteiger partial charge in [0.25, 0.3) is 0 Å². The lowest BCUT2D eigenvalue weighted by atomic mass is 9.82. The fraction of sp³-hybridized carbons (Fsp3) is 0.125. The number of hydrogen-bond donors (Lipinski definition) is 0. The minimum absolute atomic E-state index is 0.0986. The molecular weight excluding hydrogens is 607 g/mol. The van der Waals surface area contributed by atoms with Gasteiger partial charge in [0.15, 0.2) is 0 Å². The van der Waals surface area contributed by atoms with Crippen molar-refractivity contribution in [3.8, 4) is 33.4 Å². The van der Waals surface area contributed by atoms with Crippen LogP contribution in [0.25, 0.3) is 55.3 Å². The van der Waals surface area contributed by atoms with Crippen molar-refractivity contribution in [3.05, 3.63) is 174 Å². The summed E-state index contributed by atoms with van der Waals surface area (Å²) in [6.07, 6.45) is 0. The van der Waals surface area contributed by atoms with E-state index in [9.17, 15) is 0 Å². The van der Waals surface area contributed by atoms with E-state index in [4.69, 9.17) is 4.42 Å². The maximum Gasteiger partial charge on any atom is 0.143 e. The third-order valence-electron chi connectivity index (χ3n) is 11.5. The summed E-state index contributed by atoms with van der Waals surface area (Å²) in [7, 11) is 0. The summed E-state index contributed by atoms with van der Waals surface area (Å²) in [6.45, 7) is 9.39. The van der Waals surface area contributed by atoms with Crippen molar-refractivity contribution < 1.29 is 4.42 Å². The van der Waals surface area contributed by atoms with Crippen LogP contribution in [0.1, 0.15) is 49.9 Å². The van der Waals surface area contributed by atoms with Gasteiger partial charge in [0.1, 0.15) is 11.2 Å². The van der Waals surface area contributed by atoms with Crippen LogP contribution in [0.4, 0.5) is 17.1 Å². The van der Waals surface area contributed by atoms with Gasteiger partial charge in [-0.15, -0.1) is 0 Å². The van der Waals surface area contributed by atoms with Gasteiger partial charge in [0.2, 0.25) is 0 Å². The lowest BCUT2D eigenvalue weighted by Gasteiger charge is -2.29. The Labute approximate surface area is 293 Å². The first kappa shape index (κ1) is 29.1. The molecule has 2 aliphatic rings. The van der Waals surface area contributed by atoms with E-state index in [0.29, 0.717) is 0 Å². The average Bonchev–Trinajstić information content (AvgIpc) is 3.72. The fourth-order valence-corrected chi connectivity index (χ4v) is 8.86. The van der Waals surface area contributed by atoms with Gasteiger partial charge in [-0.3, -0.25) is 0 Å². The van der Waals surface area contributed by atoms with E-state index in [0.717, 1.165) is 33.6 Å². The van der Waals surface area contributed by atoms with E-state index in [1.807, 2.05) is 0 Å². The maximum atomic E-state index is 6.66. The first-order valence-electron chi connectivity index (χ1n) is 17.6. The van der Waals surface area contributed by atoms with Crippen molar-refractivity contribution in [1.82, 2.24) is 0 Å². The summed E-state index contributed by atoms with van der Waals surface area (Å²) in [5.41, 5.74) is 18.0.